The topological polar surface area (TPSA) is 33.7 Å². The number of rotatable bonds is 5. The Morgan fingerprint density at radius 2 is 2.30 bits per heavy atom. The molecule has 1 aliphatic rings. The van der Waals surface area contributed by atoms with Gasteiger partial charge in [-0.1, -0.05) is 13.0 Å². The monoisotopic (exact) mass is 278 g/mol. The summed E-state index contributed by atoms with van der Waals surface area (Å²) in [5, 5.41) is 3.32. The minimum absolute atomic E-state index is 0.254. The van der Waals surface area contributed by atoms with Gasteiger partial charge >= 0.3 is 0 Å². The van der Waals surface area contributed by atoms with E-state index in [0.717, 1.165) is 31.9 Å². The Morgan fingerprint density at radius 3 is 2.95 bits per heavy atom. The minimum atomic E-state index is 0.254. The van der Waals surface area contributed by atoms with Crippen LogP contribution >= 0.6 is 0 Å². The summed E-state index contributed by atoms with van der Waals surface area (Å²) in [5.41, 5.74) is 2.49. The summed E-state index contributed by atoms with van der Waals surface area (Å²) in [4.78, 5) is 2.42. The molecule has 112 valence electrons. The molecule has 1 fully saturated rings. The van der Waals surface area contributed by atoms with Crippen LogP contribution in [-0.4, -0.2) is 40.0 Å². The lowest BCUT2D eigenvalue weighted by molar-refractivity contribution is 0.0383. The summed E-state index contributed by atoms with van der Waals surface area (Å²) in [7, 11) is 3.72. The SMILES string of the molecule is CCC1CN(c2cccc(OC)c2C(C)NC)CCO1. The smallest absolute Gasteiger partial charge is 0.125 e. The molecule has 4 nitrogen and oxygen atoms in total. The number of nitrogens with zero attached hydrogens (tertiary/aromatic N) is 1. The van der Waals surface area contributed by atoms with E-state index in [4.69, 9.17) is 9.47 Å². The Hall–Kier alpha value is -1.26. The fourth-order valence-corrected chi connectivity index (χ4v) is 2.75. The molecule has 0 spiro atoms. The van der Waals surface area contributed by atoms with E-state index in [2.05, 4.69) is 36.2 Å². The van der Waals surface area contributed by atoms with Crippen LogP contribution in [0.15, 0.2) is 18.2 Å². The Labute approximate surface area is 122 Å². The summed E-state index contributed by atoms with van der Waals surface area (Å²) in [5.74, 6) is 0.948. The van der Waals surface area contributed by atoms with E-state index in [1.807, 2.05) is 13.1 Å². The van der Waals surface area contributed by atoms with Crippen molar-refractivity contribution in [1.82, 2.24) is 5.32 Å². The van der Waals surface area contributed by atoms with E-state index in [1.54, 1.807) is 7.11 Å². The van der Waals surface area contributed by atoms with Crippen LogP contribution in [0.4, 0.5) is 5.69 Å². The van der Waals surface area contributed by atoms with Crippen molar-refractivity contribution >= 4 is 5.69 Å². The molecule has 0 saturated carbocycles. The highest BCUT2D eigenvalue weighted by atomic mass is 16.5. The highest BCUT2D eigenvalue weighted by molar-refractivity contribution is 5.61. The maximum Gasteiger partial charge on any atom is 0.125 e. The van der Waals surface area contributed by atoms with Gasteiger partial charge in [-0.3, -0.25) is 0 Å². The summed E-state index contributed by atoms with van der Waals surface area (Å²) in [6, 6.07) is 6.54. The first-order valence-electron chi connectivity index (χ1n) is 7.42. The van der Waals surface area contributed by atoms with Crippen molar-refractivity contribution in [2.75, 3.05) is 38.8 Å². The van der Waals surface area contributed by atoms with Crippen LogP contribution in [0.1, 0.15) is 31.9 Å². The number of hydrogen-bond acceptors (Lipinski definition) is 4. The second kappa shape index (κ2) is 6.95. The molecule has 2 unspecified atom stereocenters. The first-order chi connectivity index (χ1) is 9.71. The molecule has 1 aromatic carbocycles. The first-order valence-corrected chi connectivity index (χ1v) is 7.42. The zero-order valence-corrected chi connectivity index (χ0v) is 13.0. The molecule has 1 aliphatic heterocycles. The zero-order valence-electron chi connectivity index (χ0n) is 13.0. The van der Waals surface area contributed by atoms with Crippen molar-refractivity contribution in [2.24, 2.45) is 0 Å². The van der Waals surface area contributed by atoms with E-state index < -0.39 is 0 Å². The molecule has 1 aromatic rings. The van der Waals surface area contributed by atoms with Gasteiger partial charge in [-0.2, -0.15) is 0 Å². The predicted octanol–water partition coefficient (Wildman–Crippen LogP) is 2.59. The molecule has 4 heteroatoms. The van der Waals surface area contributed by atoms with Crippen LogP contribution in [0.25, 0.3) is 0 Å². The number of ether oxygens (including phenoxy) is 2. The van der Waals surface area contributed by atoms with Crippen LogP contribution in [-0.2, 0) is 4.74 Å². The number of benzene rings is 1. The number of hydrogen-bond donors (Lipinski definition) is 1. The number of morpholine rings is 1. The Bertz CT molecular complexity index is 436. The molecular formula is C16H26N2O2. The average molecular weight is 278 g/mol. The number of nitrogens with one attached hydrogen (secondary N) is 1. The third-order valence-electron chi connectivity index (χ3n) is 4.06. The molecule has 0 aromatic heterocycles. The zero-order chi connectivity index (χ0) is 14.5. The molecule has 0 aliphatic carbocycles. The van der Waals surface area contributed by atoms with E-state index in [1.165, 1.54) is 11.3 Å². The van der Waals surface area contributed by atoms with Crippen molar-refractivity contribution < 1.29 is 9.47 Å². The van der Waals surface area contributed by atoms with E-state index in [0.29, 0.717) is 6.10 Å². The van der Waals surface area contributed by atoms with Crippen LogP contribution < -0.4 is 15.0 Å². The Morgan fingerprint density at radius 1 is 1.50 bits per heavy atom. The van der Waals surface area contributed by atoms with Gasteiger partial charge in [0, 0.05) is 30.4 Å². The predicted molar refractivity (Wildman–Crippen MR) is 82.7 cm³/mol. The lowest BCUT2D eigenvalue weighted by atomic mass is 10.0. The standard InChI is InChI=1S/C16H26N2O2/c1-5-13-11-18(9-10-20-13)14-7-6-8-15(19-4)16(14)12(2)17-3/h6-8,12-13,17H,5,9-11H2,1-4H3. The second-order valence-electron chi connectivity index (χ2n) is 5.25. The molecule has 0 amide bonds. The summed E-state index contributed by atoms with van der Waals surface area (Å²) < 4.78 is 11.3. The van der Waals surface area contributed by atoms with Gasteiger partial charge in [-0.25, -0.2) is 0 Å². The van der Waals surface area contributed by atoms with Crippen molar-refractivity contribution in [1.29, 1.82) is 0 Å². The second-order valence-corrected chi connectivity index (χ2v) is 5.25. The number of methoxy groups -OCH3 is 1. The molecule has 2 rings (SSSR count). The minimum Gasteiger partial charge on any atom is -0.496 e. The van der Waals surface area contributed by atoms with Gasteiger partial charge in [0.05, 0.1) is 19.8 Å². The Kier molecular flexibility index (Phi) is 5.26. The maximum absolute atomic E-state index is 5.77. The van der Waals surface area contributed by atoms with Crippen LogP contribution in [0.3, 0.4) is 0 Å². The van der Waals surface area contributed by atoms with Crippen molar-refractivity contribution in [3.8, 4) is 5.75 Å². The molecular weight excluding hydrogens is 252 g/mol. The molecule has 1 saturated heterocycles. The van der Waals surface area contributed by atoms with Crippen LogP contribution in [0.5, 0.6) is 5.75 Å². The highest BCUT2D eigenvalue weighted by Gasteiger charge is 2.24. The largest absolute Gasteiger partial charge is 0.496 e. The number of anilines is 1. The lowest BCUT2D eigenvalue weighted by Crippen LogP contribution is -2.42. The molecule has 0 radical (unpaired) electrons. The van der Waals surface area contributed by atoms with Crippen molar-refractivity contribution in [2.45, 2.75) is 32.4 Å². The molecule has 1 N–H and O–H groups in total. The van der Waals surface area contributed by atoms with Gasteiger partial charge in [-0.15, -0.1) is 0 Å². The lowest BCUT2D eigenvalue weighted by Gasteiger charge is -2.36. The molecule has 0 bridgehead atoms. The summed E-state index contributed by atoms with van der Waals surface area (Å²) >= 11 is 0. The molecule has 1 heterocycles. The molecule has 2 atom stereocenters. The summed E-state index contributed by atoms with van der Waals surface area (Å²) in [6.07, 6.45) is 1.38. The van der Waals surface area contributed by atoms with Gasteiger partial charge in [0.2, 0.25) is 0 Å². The third kappa shape index (κ3) is 3.07. The molecule has 20 heavy (non-hydrogen) atoms. The first kappa shape index (κ1) is 15.1. The fraction of sp³-hybridized carbons (Fsp3) is 0.625. The quantitative estimate of drug-likeness (QED) is 0.897. The fourth-order valence-electron chi connectivity index (χ4n) is 2.75. The Balaban J connectivity index is 2.34. The normalized spacial score (nSPS) is 20.8. The van der Waals surface area contributed by atoms with Gasteiger partial charge in [0.1, 0.15) is 5.75 Å². The van der Waals surface area contributed by atoms with Crippen molar-refractivity contribution in [3.63, 3.8) is 0 Å². The van der Waals surface area contributed by atoms with Gasteiger partial charge in [-0.05, 0) is 32.5 Å². The van der Waals surface area contributed by atoms with E-state index in [9.17, 15) is 0 Å². The third-order valence-corrected chi connectivity index (χ3v) is 4.06. The van der Waals surface area contributed by atoms with Crippen molar-refractivity contribution in [3.05, 3.63) is 23.8 Å². The summed E-state index contributed by atoms with van der Waals surface area (Å²) in [6.45, 7) is 7.03. The van der Waals surface area contributed by atoms with Gasteiger partial charge < -0.3 is 19.7 Å². The average Bonchev–Trinajstić information content (AvgIpc) is 2.53. The van der Waals surface area contributed by atoms with Gasteiger partial charge in [0.25, 0.3) is 0 Å². The van der Waals surface area contributed by atoms with Crippen LogP contribution in [0.2, 0.25) is 0 Å². The highest BCUT2D eigenvalue weighted by Crippen LogP contribution is 2.35. The van der Waals surface area contributed by atoms with E-state index in [-0.39, 0.29) is 6.04 Å². The van der Waals surface area contributed by atoms with E-state index >= 15 is 0 Å². The van der Waals surface area contributed by atoms with Gasteiger partial charge in [0.15, 0.2) is 0 Å². The van der Waals surface area contributed by atoms with Crippen LogP contribution in [0, 0.1) is 0 Å². The maximum atomic E-state index is 5.77.